The molecule has 2 aromatic rings. The summed E-state index contributed by atoms with van der Waals surface area (Å²) in [5.74, 6) is -0.191. The van der Waals surface area contributed by atoms with Crippen molar-refractivity contribution in [2.75, 3.05) is 6.61 Å². The molecule has 2 N–H and O–H groups in total. The number of aliphatic hydroxyl groups excluding tert-OH is 1. The van der Waals surface area contributed by atoms with E-state index in [-0.39, 0.29) is 18.7 Å². The number of hydrogen-bond donors (Lipinski definition) is 2. The molecule has 0 saturated heterocycles. The topological polar surface area (TPSA) is 91.6 Å². The molecule has 1 amide bonds. The van der Waals surface area contributed by atoms with Crippen molar-refractivity contribution in [1.29, 1.82) is 5.26 Å². The second-order valence-electron chi connectivity index (χ2n) is 6.81. The fraction of sp³-hybridized carbons (Fsp3) is 0.273. The Morgan fingerprint density at radius 3 is 2.71 bits per heavy atom. The highest BCUT2D eigenvalue weighted by molar-refractivity contribution is 5.87. The molecule has 0 spiro atoms. The van der Waals surface area contributed by atoms with Crippen LogP contribution in [0.3, 0.4) is 0 Å². The highest BCUT2D eigenvalue weighted by Gasteiger charge is 2.31. The van der Waals surface area contributed by atoms with E-state index in [4.69, 9.17) is 10.00 Å². The minimum absolute atomic E-state index is 0.0557. The fourth-order valence-electron chi connectivity index (χ4n) is 3.46. The van der Waals surface area contributed by atoms with Crippen LogP contribution in [0, 0.1) is 11.3 Å². The Bertz CT molecular complexity index is 1030. The van der Waals surface area contributed by atoms with Gasteiger partial charge in [-0.15, -0.1) is 13.2 Å². The number of fused-ring (bicyclic) bond motifs is 1. The number of halogens is 3. The Morgan fingerprint density at radius 2 is 2.10 bits per heavy atom. The zero-order valence-corrected chi connectivity index (χ0v) is 16.3. The van der Waals surface area contributed by atoms with E-state index < -0.39 is 18.4 Å². The summed E-state index contributed by atoms with van der Waals surface area (Å²) >= 11 is 0. The van der Waals surface area contributed by atoms with E-state index in [1.165, 1.54) is 24.3 Å². The van der Waals surface area contributed by atoms with Gasteiger partial charge >= 0.3 is 6.36 Å². The number of nitrogens with zero attached hydrogens (tertiary/aromatic N) is 1. The highest BCUT2D eigenvalue weighted by Crippen LogP contribution is 2.41. The Labute approximate surface area is 176 Å². The second kappa shape index (κ2) is 9.10. The van der Waals surface area contributed by atoms with E-state index >= 15 is 0 Å². The van der Waals surface area contributed by atoms with Gasteiger partial charge in [-0.3, -0.25) is 4.79 Å². The number of nitriles is 1. The lowest BCUT2D eigenvalue weighted by atomic mass is 9.89. The molecule has 0 radical (unpaired) electrons. The van der Waals surface area contributed by atoms with Gasteiger partial charge in [0.2, 0.25) is 5.91 Å². The predicted molar refractivity (Wildman–Crippen MR) is 105 cm³/mol. The third-order valence-electron chi connectivity index (χ3n) is 4.77. The van der Waals surface area contributed by atoms with Crippen molar-refractivity contribution >= 4 is 5.91 Å². The standard InChI is InChI=1S/C22H19F3N2O4/c1-2-20(29)27-12-14-9-19(13-3-5-16(6-4-13)31-22(23,24)25)21-17(7-8-30-21)18(14)10-15(28)11-26/h2-6,9,15,28H,1,7-8,10,12H2,(H,27,29). The summed E-state index contributed by atoms with van der Waals surface area (Å²) < 4.78 is 47.0. The average molecular weight is 432 g/mol. The van der Waals surface area contributed by atoms with Crippen LogP contribution in [-0.2, 0) is 24.2 Å². The number of ether oxygens (including phenoxy) is 2. The van der Waals surface area contributed by atoms with Crippen LogP contribution >= 0.6 is 0 Å². The van der Waals surface area contributed by atoms with Crippen LogP contribution in [0.2, 0.25) is 0 Å². The van der Waals surface area contributed by atoms with Crippen LogP contribution < -0.4 is 14.8 Å². The summed E-state index contributed by atoms with van der Waals surface area (Å²) in [4.78, 5) is 11.7. The van der Waals surface area contributed by atoms with E-state index in [1.54, 1.807) is 12.1 Å². The lowest BCUT2D eigenvalue weighted by molar-refractivity contribution is -0.274. The SMILES string of the molecule is C=CC(=O)NCc1cc(-c2ccc(OC(F)(F)F)cc2)c2c(c1CC(O)C#N)CCO2. The molecular formula is C22H19F3N2O4. The molecule has 0 aliphatic carbocycles. The normalized spacial score (nSPS) is 13.5. The van der Waals surface area contributed by atoms with Crippen LogP contribution in [0.5, 0.6) is 11.5 Å². The molecule has 1 aliphatic rings. The quantitative estimate of drug-likeness (QED) is 0.517. The predicted octanol–water partition coefficient (Wildman–Crippen LogP) is 3.42. The van der Waals surface area contributed by atoms with Gasteiger partial charge in [0.15, 0.2) is 0 Å². The van der Waals surface area contributed by atoms with Gasteiger partial charge in [0.05, 0.1) is 12.7 Å². The second-order valence-corrected chi connectivity index (χ2v) is 6.81. The van der Waals surface area contributed by atoms with E-state index in [1.807, 2.05) is 0 Å². The summed E-state index contributed by atoms with van der Waals surface area (Å²) in [5.41, 5.74) is 3.39. The molecule has 31 heavy (non-hydrogen) atoms. The van der Waals surface area contributed by atoms with Crippen molar-refractivity contribution in [2.24, 2.45) is 0 Å². The Morgan fingerprint density at radius 1 is 1.39 bits per heavy atom. The number of benzene rings is 2. The van der Waals surface area contributed by atoms with Crippen molar-refractivity contribution in [3.8, 4) is 28.7 Å². The van der Waals surface area contributed by atoms with Crippen LogP contribution in [0.25, 0.3) is 11.1 Å². The van der Waals surface area contributed by atoms with Crippen molar-refractivity contribution in [2.45, 2.75) is 31.9 Å². The van der Waals surface area contributed by atoms with Crippen molar-refractivity contribution in [3.63, 3.8) is 0 Å². The van der Waals surface area contributed by atoms with Gasteiger partial charge in [-0.05, 0) is 41.0 Å². The molecule has 0 bridgehead atoms. The molecule has 1 aliphatic heterocycles. The number of aliphatic hydroxyl groups is 1. The zero-order chi connectivity index (χ0) is 22.6. The zero-order valence-electron chi connectivity index (χ0n) is 16.3. The maximum atomic E-state index is 12.4. The van der Waals surface area contributed by atoms with Gasteiger partial charge in [-0.2, -0.15) is 5.26 Å². The number of hydrogen-bond acceptors (Lipinski definition) is 5. The molecule has 162 valence electrons. The first-order valence-corrected chi connectivity index (χ1v) is 9.36. The van der Waals surface area contributed by atoms with E-state index in [0.29, 0.717) is 41.0 Å². The monoisotopic (exact) mass is 432 g/mol. The smallest absolute Gasteiger partial charge is 0.492 e. The summed E-state index contributed by atoms with van der Waals surface area (Å²) in [5, 5.41) is 21.6. The Hall–Kier alpha value is -3.51. The van der Waals surface area contributed by atoms with Crippen molar-refractivity contribution in [1.82, 2.24) is 5.32 Å². The molecule has 2 aromatic carbocycles. The maximum Gasteiger partial charge on any atom is 0.573 e. The van der Waals surface area contributed by atoms with Gasteiger partial charge < -0.3 is 19.9 Å². The van der Waals surface area contributed by atoms with Crippen LogP contribution in [-0.4, -0.2) is 30.1 Å². The molecule has 3 rings (SSSR count). The molecular weight excluding hydrogens is 413 g/mol. The third kappa shape index (κ3) is 5.35. The number of amides is 1. The summed E-state index contributed by atoms with van der Waals surface area (Å²) in [7, 11) is 0. The van der Waals surface area contributed by atoms with E-state index in [9.17, 15) is 23.1 Å². The maximum absolute atomic E-state index is 12.4. The lowest BCUT2D eigenvalue weighted by Gasteiger charge is -2.18. The molecule has 0 fully saturated rings. The fourth-order valence-corrected chi connectivity index (χ4v) is 3.46. The number of carbonyl (C=O) groups excluding carboxylic acids is 1. The summed E-state index contributed by atoms with van der Waals surface area (Å²) in [6.45, 7) is 3.91. The number of rotatable bonds is 7. The van der Waals surface area contributed by atoms with Crippen LogP contribution in [0.15, 0.2) is 43.0 Å². The van der Waals surface area contributed by atoms with E-state index in [0.717, 1.165) is 11.6 Å². The number of nitrogens with one attached hydrogen (secondary N) is 1. The Balaban J connectivity index is 2.04. The molecule has 1 atom stereocenters. The van der Waals surface area contributed by atoms with Crippen molar-refractivity contribution < 1.29 is 32.5 Å². The van der Waals surface area contributed by atoms with Gasteiger partial charge in [0.1, 0.15) is 17.6 Å². The van der Waals surface area contributed by atoms with Crippen molar-refractivity contribution in [3.05, 3.63) is 59.7 Å². The largest absolute Gasteiger partial charge is 0.573 e. The Kier molecular flexibility index (Phi) is 6.51. The molecule has 0 aromatic heterocycles. The van der Waals surface area contributed by atoms with Crippen LogP contribution in [0.1, 0.15) is 16.7 Å². The first-order chi connectivity index (χ1) is 14.7. The molecule has 6 nitrogen and oxygen atoms in total. The molecule has 9 heteroatoms. The summed E-state index contributed by atoms with van der Waals surface area (Å²) in [6, 6.07) is 8.90. The van der Waals surface area contributed by atoms with Gasteiger partial charge in [-0.25, -0.2) is 0 Å². The van der Waals surface area contributed by atoms with Gasteiger partial charge in [0, 0.05) is 30.5 Å². The first-order valence-electron chi connectivity index (χ1n) is 9.36. The lowest BCUT2D eigenvalue weighted by Crippen LogP contribution is -2.22. The minimum atomic E-state index is -4.79. The minimum Gasteiger partial charge on any atom is -0.492 e. The van der Waals surface area contributed by atoms with Gasteiger partial charge in [-0.1, -0.05) is 18.7 Å². The van der Waals surface area contributed by atoms with Crippen LogP contribution in [0.4, 0.5) is 13.2 Å². The highest BCUT2D eigenvalue weighted by atomic mass is 19.4. The molecule has 1 unspecified atom stereocenters. The van der Waals surface area contributed by atoms with E-state index in [2.05, 4.69) is 16.6 Å². The first kappa shape index (κ1) is 22.2. The summed E-state index contributed by atoms with van der Waals surface area (Å²) in [6.07, 6.45) is -4.30. The average Bonchev–Trinajstić information content (AvgIpc) is 3.22. The number of carbonyl (C=O) groups is 1. The van der Waals surface area contributed by atoms with Gasteiger partial charge in [0.25, 0.3) is 0 Å². The molecule has 1 heterocycles. The third-order valence-corrected chi connectivity index (χ3v) is 4.77. The molecule has 0 saturated carbocycles. The number of alkyl halides is 3.